The first-order chi connectivity index (χ1) is 13.2. The number of carbonyl (C=O) groups excluding carboxylic acids is 1. The van der Waals surface area contributed by atoms with Crippen molar-refractivity contribution in [2.24, 2.45) is 0 Å². The molecule has 3 heterocycles. The van der Waals surface area contributed by atoms with Crippen LogP contribution in [0.5, 0.6) is 5.75 Å². The maximum Gasteiger partial charge on any atom is 0.276 e. The molecule has 1 aliphatic heterocycles. The molecule has 1 fully saturated rings. The molecular weight excluding hydrogens is 362 g/mol. The van der Waals surface area contributed by atoms with Crippen LogP contribution in [0, 0.1) is 6.92 Å². The summed E-state index contributed by atoms with van der Waals surface area (Å²) in [6.45, 7) is 4.68. The zero-order valence-corrected chi connectivity index (χ0v) is 16.2. The number of piperazine rings is 1. The van der Waals surface area contributed by atoms with Gasteiger partial charge >= 0.3 is 0 Å². The molecule has 0 bridgehead atoms. The highest BCUT2D eigenvalue weighted by Crippen LogP contribution is 2.27. The van der Waals surface area contributed by atoms with E-state index in [2.05, 4.69) is 9.88 Å². The second-order valence-corrected chi connectivity index (χ2v) is 7.33. The van der Waals surface area contributed by atoms with Crippen LogP contribution in [0.3, 0.4) is 0 Å². The Morgan fingerprint density at radius 1 is 1.15 bits per heavy atom. The van der Waals surface area contributed by atoms with Crippen LogP contribution in [0.2, 0.25) is 0 Å². The van der Waals surface area contributed by atoms with Gasteiger partial charge in [0, 0.05) is 31.9 Å². The fraction of sp³-hybridized carbons (Fsp3) is 0.300. The minimum atomic E-state index is -0.0616. The van der Waals surface area contributed by atoms with Crippen molar-refractivity contribution in [2.75, 3.05) is 38.2 Å². The molecule has 1 aliphatic rings. The Labute approximate surface area is 162 Å². The average Bonchev–Trinajstić information content (AvgIpc) is 3.37. The lowest BCUT2D eigenvalue weighted by Gasteiger charge is -2.35. The SMILES string of the molecule is COc1ccc(N2CCN(C(=O)c3nc(-c4cccs4)oc3C)CC2)cc1. The van der Waals surface area contributed by atoms with Crippen molar-refractivity contribution in [1.29, 1.82) is 0 Å². The zero-order valence-electron chi connectivity index (χ0n) is 15.3. The van der Waals surface area contributed by atoms with E-state index in [1.807, 2.05) is 46.7 Å². The Kier molecular flexibility index (Phi) is 4.85. The molecular formula is C20H21N3O3S. The van der Waals surface area contributed by atoms with E-state index in [0.29, 0.717) is 30.4 Å². The average molecular weight is 383 g/mol. The van der Waals surface area contributed by atoms with Gasteiger partial charge in [-0.3, -0.25) is 4.79 Å². The van der Waals surface area contributed by atoms with Crippen molar-refractivity contribution in [3.8, 4) is 16.5 Å². The van der Waals surface area contributed by atoms with Gasteiger partial charge in [0.15, 0.2) is 5.69 Å². The molecule has 2 aromatic heterocycles. The Hall–Kier alpha value is -2.80. The number of benzene rings is 1. The van der Waals surface area contributed by atoms with Crippen LogP contribution in [0.25, 0.3) is 10.8 Å². The Morgan fingerprint density at radius 3 is 2.52 bits per heavy atom. The third-order valence-electron chi connectivity index (χ3n) is 4.74. The third-order valence-corrected chi connectivity index (χ3v) is 5.59. The maximum atomic E-state index is 12.9. The lowest BCUT2D eigenvalue weighted by atomic mass is 10.2. The van der Waals surface area contributed by atoms with E-state index in [4.69, 9.17) is 9.15 Å². The number of thiophene rings is 1. The smallest absolute Gasteiger partial charge is 0.276 e. The number of hydrogen-bond acceptors (Lipinski definition) is 6. The van der Waals surface area contributed by atoms with E-state index >= 15 is 0 Å². The van der Waals surface area contributed by atoms with E-state index in [0.717, 1.165) is 29.4 Å². The summed E-state index contributed by atoms with van der Waals surface area (Å²) in [5, 5.41) is 1.97. The fourth-order valence-electron chi connectivity index (χ4n) is 3.21. The van der Waals surface area contributed by atoms with E-state index in [1.54, 1.807) is 25.4 Å². The minimum Gasteiger partial charge on any atom is -0.497 e. The van der Waals surface area contributed by atoms with Crippen molar-refractivity contribution in [3.05, 3.63) is 53.2 Å². The van der Waals surface area contributed by atoms with Gasteiger partial charge in [0.1, 0.15) is 11.5 Å². The number of hydrogen-bond donors (Lipinski definition) is 0. The number of anilines is 1. The molecule has 0 unspecified atom stereocenters. The summed E-state index contributed by atoms with van der Waals surface area (Å²) in [6, 6.07) is 11.9. The number of amides is 1. The predicted octanol–water partition coefficient (Wildman–Crippen LogP) is 3.68. The van der Waals surface area contributed by atoms with E-state index in [9.17, 15) is 4.79 Å². The first-order valence-corrected chi connectivity index (χ1v) is 9.73. The van der Waals surface area contributed by atoms with Crippen LogP contribution < -0.4 is 9.64 Å². The Morgan fingerprint density at radius 2 is 1.89 bits per heavy atom. The van der Waals surface area contributed by atoms with Crippen molar-refractivity contribution in [1.82, 2.24) is 9.88 Å². The van der Waals surface area contributed by atoms with E-state index < -0.39 is 0 Å². The van der Waals surface area contributed by atoms with Gasteiger partial charge in [0.05, 0.1) is 12.0 Å². The zero-order chi connectivity index (χ0) is 18.8. The van der Waals surface area contributed by atoms with Crippen molar-refractivity contribution in [2.45, 2.75) is 6.92 Å². The Bertz CT molecular complexity index is 911. The van der Waals surface area contributed by atoms with Gasteiger partial charge in [-0.2, -0.15) is 0 Å². The maximum absolute atomic E-state index is 12.9. The summed E-state index contributed by atoms with van der Waals surface area (Å²) in [5.41, 5.74) is 1.55. The molecule has 0 spiro atoms. The summed E-state index contributed by atoms with van der Waals surface area (Å²) in [6.07, 6.45) is 0. The lowest BCUT2D eigenvalue weighted by molar-refractivity contribution is 0.0740. The number of aryl methyl sites for hydroxylation is 1. The minimum absolute atomic E-state index is 0.0616. The molecule has 0 saturated carbocycles. The van der Waals surface area contributed by atoms with Gasteiger partial charge in [-0.05, 0) is 42.6 Å². The highest BCUT2D eigenvalue weighted by Gasteiger charge is 2.27. The number of methoxy groups -OCH3 is 1. The normalized spacial score (nSPS) is 14.4. The highest BCUT2D eigenvalue weighted by molar-refractivity contribution is 7.13. The Balaban J connectivity index is 1.42. The number of oxazole rings is 1. The molecule has 7 heteroatoms. The van der Waals surface area contributed by atoms with Crippen LogP contribution >= 0.6 is 11.3 Å². The topological polar surface area (TPSA) is 58.8 Å². The van der Waals surface area contributed by atoms with Crippen LogP contribution in [-0.2, 0) is 0 Å². The van der Waals surface area contributed by atoms with Crippen molar-refractivity contribution in [3.63, 3.8) is 0 Å². The van der Waals surface area contributed by atoms with Gasteiger partial charge in [-0.25, -0.2) is 4.98 Å². The second-order valence-electron chi connectivity index (χ2n) is 6.38. The number of nitrogens with zero attached hydrogens (tertiary/aromatic N) is 3. The number of rotatable bonds is 4. The third kappa shape index (κ3) is 3.55. The quantitative estimate of drug-likeness (QED) is 0.688. The molecule has 4 rings (SSSR count). The van der Waals surface area contributed by atoms with E-state index in [1.165, 1.54) is 0 Å². The molecule has 0 radical (unpaired) electrons. The second kappa shape index (κ2) is 7.44. The molecule has 1 amide bonds. The largest absolute Gasteiger partial charge is 0.497 e. The summed E-state index contributed by atoms with van der Waals surface area (Å²) in [4.78, 5) is 22.4. The monoisotopic (exact) mass is 383 g/mol. The number of ether oxygens (including phenoxy) is 1. The van der Waals surface area contributed by atoms with Crippen LogP contribution in [-0.4, -0.2) is 49.1 Å². The summed E-state index contributed by atoms with van der Waals surface area (Å²) >= 11 is 1.55. The van der Waals surface area contributed by atoms with Crippen LogP contribution in [0.4, 0.5) is 5.69 Å². The standard InChI is InChI=1S/C20H21N3O3S/c1-14-18(21-19(26-14)17-4-3-13-27-17)20(24)23-11-9-22(10-12-23)15-5-7-16(25-2)8-6-15/h3-8,13H,9-12H2,1-2H3. The molecule has 0 aliphatic carbocycles. The molecule has 27 heavy (non-hydrogen) atoms. The summed E-state index contributed by atoms with van der Waals surface area (Å²) in [5.74, 6) is 1.87. The summed E-state index contributed by atoms with van der Waals surface area (Å²) < 4.78 is 10.9. The molecule has 0 N–H and O–H groups in total. The van der Waals surface area contributed by atoms with Gasteiger partial charge < -0.3 is 19.0 Å². The van der Waals surface area contributed by atoms with E-state index in [-0.39, 0.29) is 5.91 Å². The molecule has 140 valence electrons. The molecule has 3 aromatic rings. The first-order valence-electron chi connectivity index (χ1n) is 8.85. The van der Waals surface area contributed by atoms with Gasteiger partial charge in [-0.15, -0.1) is 11.3 Å². The van der Waals surface area contributed by atoms with Gasteiger partial charge in [0.2, 0.25) is 5.89 Å². The molecule has 6 nitrogen and oxygen atoms in total. The lowest BCUT2D eigenvalue weighted by Crippen LogP contribution is -2.49. The number of aromatic nitrogens is 1. The first kappa shape index (κ1) is 17.6. The molecule has 0 atom stereocenters. The van der Waals surface area contributed by atoms with Gasteiger partial charge in [0.25, 0.3) is 5.91 Å². The van der Waals surface area contributed by atoms with Crippen molar-refractivity contribution >= 4 is 22.9 Å². The number of carbonyl (C=O) groups is 1. The van der Waals surface area contributed by atoms with Crippen molar-refractivity contribution < 1.29 is 13.9 Å². The molecule has 1 aromatic carbocycles. The predicted molar refractivity (Wildman–Crippen MR) is 106 cm³/mol. The van der Waals surface area contributed by atoms with Crippen LogP contribution in [0.15, 0.2) is 46.2 Å². The highest BCUT2D eigenvalue weighted by atomic mass is 32.1. The summed E-state index contributed by atoms with van der Waals surface area (Å²) in [7, 11) is 1.66. The van der Waals surface area contributed by atoms with Crippen LogP contribution in [0.1, 0.15) is 16.2 Å². The molecule has 1 saturated heterocycles. The fourth-order valence-corrected chi connectivity index (χ4v) is 3.86. The van der Waals surface area contributed by atoms with Gasteiger partial charge in [-0.1, -0.05) is 6.07 Å².